The number of halogens is 1. The first-order valence-electron chi connectivity index (χ1n) is 9.57. The fourth-order valence-corrected chi connectivity index (χ4v) is 3.16. The maximum absolute atomic E-state index is 12.6. The lowest BCUT2D eigenvalue weighted by molar-refractivity contribution is 0.247. The SMILES string of the molecule is COc1ccc(CC(NC(=O)Nc2ccc(Cl)cc2)c2nnn(C3CNC3)n2)cc1. The minimum absolute atomic E-state index is 0.191. The van der Waals surface area contributed by atoms with Gasteiger partial charge in [-0.2, -0.15) is 4.80 Å². The molecule has 0 saturated carbocycles. The second kappa shape index (κ2) is 9.10. The number of amides is 2. The molecule has 3 N–H and O–H groups in total. The number of nitrogens with one attached hydrogen (secondary N) is 3. The molecule has 1 fully saturated rings. The second-order valence-electron chi connectivity index (χ2n) is 6.99. The zero-order valence-electron chi connectivity index (χ0n) is 16.4. The number of hydrogen-bond donors (Lipinski definition) is 3. The van der Waals surface area contributed by atoms with Crippen molar-refractivity contribution in [1.82, 2.24) is 30.8 Å². The Morgan fingerprint density at radius 2 is 1.97 bits per heavy atom. The Morgan fingerprint density at radius 3 is 2.60 bits per heavy atom. The van der Waals surface area contributed by atoms with Crippen molar-refractivity contribution in [2.75, 3.05) is 25.5 Å². The number of tetrazole rings is 1. The van der Waals surface area contributed by atoms with Crippen LogP contribution < -0.4 is 20.7 Å². The van der Waals surface area contributed by atoms with Gasteiger partial charge < -0.3 is 20.7 Å². The van der Waals surface area contributed by atoms with Crippen LogP contribution in [-0.4, -0.2) is 46.4 Å². The molecule has 1 aliphatic heterocycles. The fourth-order valence-electron chi connectivity index (χ4n) is 3.03. The van der Waals surface area contributed by atoms with E-state index in [1.165, 1.54) is 0 Å². The highest BCUT2D eigenvalue weighted by atomic mass is 35.5. The molecule has 1 saturated heterocycles. The summed E-state index contributed by atoms with van der Waals surface area (Å²) < 4.78 is 5.21. The third kappa shape index (κ3) is 4.87. The van der Waals surface area contributed by atoms with Gasteiger partial charge in [-0.1, -0.05) is 23.7 Å². The molecule has 156 valence electrons. The average Bonchev–Trinajstić information content (AvgIpc) is 3.18. The van der Waals surface area contributed by atoms with Crippen LogP contribution in [0.4, 0.5) is 10.5 Å². The fraction of sp³-hybridized carbons (Fsp3) is 0.300. The van der Waals surface area contributed by atoms with Gasteiger partial charge in [0.25, 0.3) is 0 Å². The van der Waals surface area contributed by atoms with Crippen LogP contribution in [0.3, 0.4) is 0 Å². The highest BCUT2D eigenvalue weighted by molar-refractivity contribution is 6.30. The summed E-state index contributed by atoms with van der Waals surface area (Å²) in [6.45, 7) is 1.62. The predicted octanol–water partition coefficient (Wildman–Crippen LogP) is 2.58. The molecule has 10 heteroatoms. The third-order valence-corrected chi connectivity index (χ3v) is 5.10. The highest BCUT2D eigenvalue weighted by Crippen LogP contribution is 2.20. The van der Waals surface area contributed by atoms with E-state index < -0.39 is 6.04 Å². The van der Waals surface area contributed by atoms with Gasteiger partial charge in [0.1, 0.15) is 5.75 Å². The summed E-state index contributed by atoms with van der Waals surface area (Å²) in [7, 11) is 1.62. The number of hydrogen-bond acceptors (Lipinski definition) is 6. The number of anilines is 1. The van der Waals surface area contributed by atoms with Crippen molar-refractivity contribution in [3.8, 4) is 5.75 Å². The van der Waals surface area contributed by atoms with Crippen LogP contribution in [0.1, 0.15) is 23.5 Å². The topological polar surface area (TPSA) is 106 Å². The number of methoxy groups -OCH3 is 1. The summed E-state index contributed by atoms with van der Waals surface area (Å²) in [5.74, 6) is 1.23. The lowest BCUT2D eigenvalue weighted by Crippen LogP contribution is -2.44. The molecule has 1 aliphatic rings. The van der Waals surface area contributed by atoms with Crippen LogP contribution >= 0.6 is 11.6 Å². The van der Waals surface area contributed by atoms with Gasteiger partial charge in [-0.05, 0) is 47.2 Å². The zero-order valence-corrected chi connectivity index (χ0v) is 17.1. The maximum atomic E-state index is 12.6. The van der Waals surface area contributed by atoms with Gasteiger partial charge in [-0.15, -0.1) is 10.2 Å². The van der Waals surface area contributed by atoms with Crippen LogP contribution in [0.15, 0.2) is 48.5 Å². The average molecular weight is 428 g/mol. The Labute approximate surface area is 178 Å². The van der Waals surface area contributed by atoms with E-state index in [0.29, 0.717) is 23.0 Å². The molecule has 0 bridgehead atoms. The Hall–Kier alpha value is -3.17. The standard InChI is InChI=1S/C20H22ClN7O2/c1-30-17-8-2-13(3-9-17)10-18(19-25-27-28(26-19)16-11-22-12-16)24-20(29)23-15-6-4-14(21)5-7-15/h2-9,16,18,22H,10-12H2,1H3,(H2,23,24,29). The molecular weight excluding hydrogens is 406 g/mol. The minimum atomic E-state index is -0.451. The van der Waals surface area contributed by atoms with E-state index in [2.05, 4.69) is 31.4 Å². The molecule has 2 amide bonds. The van der Waals surface area contributed by atoms with Crippen LogP contribution in [0.25, 0.3) is 0 Å². The second-order valence-corrected chi connectivity index (χ2v) is 7.43. The van der Waals surface area contributed by atoms with Gasteiger partial charge in [-0.25, -0.2) is 4.79 Å². The molecule has 4 rings (SSSR count). The third-order valence-electron chi connectivity index (χ3n) is 4.85. The van der Waals surface area contributed by atoms with Crippen molar-refractivity contribution in [1.29, 1.82) is 0 Å². The van der Waals surface area contributed by atoms with Crippen molar-refractivity contribution < 1.29 is 9.53 Å². The smallest absolute Gasteiger partial charge is 0.319 e. The van der Waals surface area contributed by atoms with Gasteiger partial charge >= 0.3 is 6.03 Å². The number of nitrogens with zero attached hydrogens (tertiary/aromatic N) is 4. The molecule has 0 radical (unpaired) electrons. The van der Waals surface area contributed by atoms with Gasteiger partial charge in [0.2, 0.25) is 0 Å². The van der Waals surface area contributed by atoms with Crippen molar-refractivity contribution in [2.24, 2.45) is 0 Å². The number of carbonyl (C=O) groups excluding carboxylic acids is 1. The van der Waals surface area contributed by atoms with Crippen LogP contribution in [0.5, 0.6) is 5.75 Å². The van der Waals surface area contributed by atoms with Crippen molar-refractivity contribution >= 4 is 23.3 Å². The summed E-state index contributed by atoms with van der Waals surface area (Å²) in [4.78, 5) is 14.2. The van der Waals surface area contributed by atoms with Crippen LogP contribution in [0.2, 0.25) is 5.02 Å². The van der Waals surface area contributed by atoms with E-state index >= 15 is 0 Å². The van der Waals surface area contributed by atoms with Crippen molar-refractivity contribution in [3.05, 3.63) is 64.9 Å². The van der Waals surface area contributed by atoms with Crippen LogP contribution in [0, 0.1) is 0 Å². The zero-order chi connectivity index (χ0) is 20.9. The van der Waals surface area contributed by atoms with Gasteiger partial charge in [-0.3, -0.25) is 0 Å². The van der Waals surface area contributed by atoms with E-state index in [1.54, 1.807) is 36.2 Å². The quantitative estimate of drug-likeness (QED) is 0.535. The molecule has 0 spiro atoms. The summed E-state index contributed by atoms with van der Waals surface area (Å²) in [5.41, 5.74) is 1.64. The first-order valence-corrected chi connectivity index (χ1v) is 9.94. The molecule has 0 aliphatic carbocycles. The minimum Gasteiger partial charge on any atom is -0.497 e. The van der Waals surface area contributed by atoms with Gasteiger partial charge in [0, 0.05) is 30.2 Å². The van der Waals surface area contributed by atoms with E-state index in [-0.39, 0.29) is 12.1 Å². The summed E-state index contributed by atoms with van der Waals surface area (Å²) in [5, 5.41) is 22.4. The van der Waals surface area contributed by atoms with Crippen molar-refractivity contribution in [2.45, 2.75) is 18.5 Å². The summed E-state index contributed by atoms with van der Waals surface area (Å²) in [6.07, 6.45) is 0.507. The number of carbonyl (C=O) groups is 1. The highest BCUT2D eigenvalue weighted by Gasteiger charge is 2.25. The molecular formula is C20H22ClN7O2. The molecule has 1 atom stereocenters. The monoisotopic (exact) mass is 427 g/mol. The van der Waals surface area contributed by atoms with Crippen LogP contribution in [-0.2, 0) is 6.42 Å². The molecule has 30 heavy (non-hydrogen) atoms. The number of aromatic nitrogens is 4. The first kappa shape index (κ1) is 20.1. The normalized spacial score (nSPS) is 14.6. The molecule has 2 heterocycles. The van der Waals surface area contributed by atoms with Crippen molar-refractivity contribution in [3.63, 3.8) is 0 Å². The Morgan fingerprint density at radius 1 is 1.23 bits per heavy atom. The lowest BCUT2D eigenvalue weighted by atomic mass is 10.1. The maximum Gasteiger partial charge on any atom is 0.319 e. The van der Waals surface area contributed by atoms with E-state index in [4.69, 9.17) is 16.3 Å². The van der Waals surface area contributed by atoms with E-state index in [1.807, 2.05) is 24.3 Å². The Bertz CT molecular complexity index is 987. The summed E-state index contributed by atoms with van der Waals surface area (Å²) >= 11 is 5.90. The number of ether oxygens (including phenoxy) is 1. The Balaban J connectivity index is 1.50. The number of urea groups is 1. The van der Waals surface area contributed by atoms with Gasteiger partial charge in [0.15, 0.2) is 5.82 Å². The Kier molecular flexibility index (Phi) is 6.10. The van der Waals surface area contributed by atoms with Gasteiger partial charge in [0.05, 0.1) is 19.2 Å². The number of benzene rings is 2. The molecule has 1 aromatic heterocycles. The lowest BCUT2D eigenvalue weighted by Gasteiger charge is -2.25. The van der Waals surface area contributed by atoms with E-state index in [0.717, 1.165) is 24.4 Å². The van der Waals surface area contributed by atoms with E-state index in [9.17, 15) is 4.79 Å². The summed E-state index contributed by atoms with van der Waals surface area (Å²) in [6, 6.07) is 13.9. The number of rotatable bonds is 7. The predicted molar refractivity (Wildman–Crippen MR) is 113 cm³/mol. The molecule has 3 aromatic rings. The molecule has 2 aromatic carbocycles. The molecule has 9 nitrogen and oxygen atoms in total. The first-order chi connectivity index (χ1) is 14.6. The largest absolute Gasteiger partial charge is 0.497 e. The molecule has 1 unspecified atom stereocenters.